The van der Waals surface area contributed by atoms with E-state index in [1.807, 2.05) is 12.1 Å². The van der Waals surface area contributed by atoms with Crippen molar-refractivity contribution >= 4 is 28.7 Å². The highest BCUT2D eigenvalue weighted by Crippen LogP contribution is 2.52. The summed E-state index contributed by atoms with van der Waals surface area (Å²) in [6.07, 6.45) is 13.8. The zero-order chi connectivity index (χ0) is 36.2. The van der Waals surface area contributed by atoms with Crippen molar-refractivity contribution in [2.45, 2.75) is 155 Å². The van der Waals surface area contributed by atoms with Crippen LogP contribution < -0.4 is 4.74 Å². The van der Waals surface area contributed by atoms with Crippen molar-refractivity contribution in [3.8, 4) is 5.75 Å². The average molecular weight is 713 g/mol. The van der Waals surface area contributed by atoms with Crippen molar-refractivity contribution < 1.29 is 27.9 Å². The van der Waals surface area contributed by atoms with Crippen molar-refractivity contribution in [2.24, 2.45) is 17.8 Å². The molecule has 0 bridgehead atoms. The molecule has 3 unspecified atom stereocenters. The van der Waals surface area contributed by atoms with Gasteiger partial charge in [-0.1, -0.05) is 79.9 Å². The second kappa shape index (κ2) is 15.9. The predicted octanol–water partition coefficient (Wildman–Crippen LogP) is 9.97. The van der Waals surface area contributed by atoms with Gasteiger partial charge in [0.1, 0.15) is 12.1 Å². The third-order valence-corrected chi connectivity index (χ3v) is 21.1. The summed E-state index contributed by atoms with van der Waals surface area (Å²) in [6.45, 7) is 25.5. The van der Waals surface area contributed by atoms with Gasteiger partial charge in [-0.2, -0.15) is 0 Å². The molecule has 0 saturated heterocycles. The summed E-state index contributed by atoms with van der Waals surface area (Å²) in [7, 11) is -3.91. The van der Waals surface area contributed by atoms with Crippen LogP contribution in [0.15, 0.2) is 36.9 Å². The number of rotatable bonds is 14. The lowest BCUT2D eigenvalue weighted by molar-refractivity contribution is -0.139. The molecular weight excluding hydrogens is 649 g/mol. The lowest BCUT2D eigenvalue weighted by Gasteiger charge is -2.42. The molecule has 1 fully saturated rings. The normalized spacial score (nSPS) is 21.9. The minimum Gasteiger partial charge on any atom is -0.482 e. The number of benzene rings is 1. The van der Waals surface area contributed by atoms with Gasteiger partial charge in [0.05, 0.1) is 0 Å². The third-order valence-electron chi connectivity index (χ3n) is 12.1. The molecule has 0 amide bonds. The lowest BCUT2D eigenvalue weighted by atomic mass is 9.73. The van der Waals surface area contributed by atoms with Gasteiger partial charge in [-0.3, -0.25) is 0 Å². The Kier molecular flexibility index (Phi) is 12.9. The average Bonchev–Trinajstić information content (AvgIpc) is 3.64. The quantitative estimate of drug-likeness (QED) is 0.0834. The summed E-state index contributed by atoms with van der Waals surface area (Å²) < 4.78 is 26.5. The molecule has 274 valence electrons. The van der Waals surface area contributed by atoms with Gasteiger partial charge in [-0.15, -0.1) is 0 Å². The topological polar surface area (TPSA) is 88.9 Å². The fourth-order valence-electron chi connectivity index (χ4n) is 7.14. The van der Waals surface area contributed by atoms with Crippen molar-refractivity contribution in [2.75, 3.05) is 6.61 Å². The number of imidazole rings is 1. The fraction of sp³-hybridized carbons (Fsp3) is 0.718. The van der Waals surface area contributed by atoms with Crippen molar-refractivity contribution in [1.82, 2.24) is 9.55 Å². The van der Waals surface area contributed by atoms with Crippen molar-refractivity contribution in [1.29, 1.82) is 0 Å². The van der Waals surface area contributed by atoms with Gasteiger partial charge in [0.15, 0.2) is 23.2 Å². The first-order valence-corrected chi connectivity index (χ1v) is 24.5. The van der Waals surface area contributed by atoms with Crippen molar-refractivity contribution in [3.63, 3.8) is 0 Å². The van der Waals surface area contributed by atoms with E-state index in [0.717, 1.165) is 43.1 Å². The van der Waals surface area contributed by atoms with E-state index in [0.29, 0.717) is 23.5 Å². The van der Waals surface area contributed by atoms with Gasteiger partial charge in [0, 0.05) is 24.6 Å². The fourth-order valence-corrected chi connectivity index (χ4v) is 9.95. The number of esters is 1. The first kappa shape index (κ1) is 39.5. The number of hydrogen-bond donors (Lipinski definition) is 0. The lowest BCUT2D eigenvalue weighted by Crippen LogP contribution is -2.46. The summed E-state index contributed by atoms with van der Waals surface area (Å²) >= 11 is 0. The highest BCUT2D eigenvalue weighted by molar-refractivity contribution is 6.74. The highest BCUT2D eigenvalue weighted by Gasteiger charge is 2.50. The van der Waals surface area contributed by atoms with E-state index in [4.69, 9.17) is 18.3 Å². The molecule has 2 aromatic rings. The van der Waals surface area contributed by atoms with Crippen LogP contribution in [0.2, 0.25) is 36.3 Å². The first-order chi connectivity index (χ1) is 22.8. The van der Waals surface area contributed by atoms with Crippen LogP contribution in [0.5, 0.6) is 5.75 Å². The summed E-state index contributed by atoms with van der Waals surface area (Å²) in [5.74, 6) is 1.44. The van der Waals surface area contributed by atoms with Crippen LogP contribution >= 0.6 is 0 Å². The van der Waals surface area contributed by atoms with Crippen LogP contribution in [0.4, 0.5) is 4.79 Å². The molecule has 1 aromatic carbocycles. The van der Waals surface area contributed by atoms with E-state index in [-0.39, 0.29) is 28.9 Å². The SMILES string of the molecule is CCCCCC(CC[C@H]1C(O[Si](C)(C)C(C)(C)C)CC2Cc3c(cccc3OCC(=O)OC(=O)n3ccnc3)C[C@@H]21)O[Si](C)(C)C(C)(C)C. The van der Waals surface area contributed by atoms with Gasteiger partial charge >= 0.3 is 12.1 Å². The molecule has 1 heterocycles. The molecule has 0 spiro atoms. The minimum atomic E-state index is -2.00. The molecule has 0 radical (unpaired) electrons. The molecule has 1 aromatic heterocycles. The van der Waals surface area contributed by atoms with Gasteiger partial charge in [0.25, 0.3) is 0 Å². The van der Waals surface area contributed by atoms with E-state index in [1.165, 1.54) is 49.1 Å². The van der Waals surface area contributed by atoms with E-state index in [2.05, 4.69) is 85.7 Å². The summed E-state index contributed by atoms with van der Waals surface area (Å²) in [5, 5.41) is 0.318. The van der Waals surface area contributed by atoms with E-state index in [9.17, 15) is 9.59 Å². The summed E-state index contributed by atoms with van der Waals surface area (Å²) in [5.41, 5.74) is 2.46. The number of unbranched alkanes of at least 4 members (excludes halogenated alkanes) is 2. The Balaban J connectivity index is 1.52. The Bertz CT molecular complexity index is 1400. The number of ether oxygens (including phenoxy) is 2. The van der Waals surface area contributed by atoms with E-state index >= 15 is 0 Å². The summed E-state index contributed by atoms with van der Waals surface area (Å²) in [6, 6.07) is 6.16. The molecule has 49 heavy (non-hydrogen) atoms. The predicted molar refractivity (Wildman–Crippen MR) is 201 cm³/mol. The first-order valence-electron chi connectivity index (χ1n) is 18.6. The maximum absolute atomic E-state index is 12.5. The molecule has 0 N–H and O–H groups in total. The van der Waals surface area contributed by atoms with E-state index in [1.54, 1.807) is 0 Å². The molecule has 1 saturated carbocycles. The van der Waals surface area contributed by atoms with E-state index < -0.39 is 28.7 Å². The van der Waals surface area contributed by atoms with Gasteiger partial charge < -0.3 is 18.3 Å². The number of aromatic nitrogens is 2. The Morgan fingerprint density at radius 2 is 1.69 bits per heavy atom. The zero-order valence-electron chi connectivity index (χ0n) is 32.3. The molecular formula is C39H64N2O6Si2. The van der Waals surface area contributed by atoms with Crippen LogP contribution in [-0.4, -0.2) is 57.1 Å². The van der Waals surface area contributed by atoms with Crippen LogP contribution in [0.1, 0.15) is 105 Å². The second-order valence-electron chi connectivity index (χ2n) is 17.6. The van der Waals surface area contributed by atoms with Crippen LogP contribution in [-0.2, 0) is 31.2 Å². The molecule has 5 atom stereocenters. The van der Waals surface area contributed by atoms with Gasteiger partial charge in [-0.25, -0.2) is 19.1 Å². The zero-order valence-corrected chi connectivity index (χ0v) is 34.3. The van der Waals surface area contributed by atoms with Crippen LogP contribution in [0.25, 0.3) is 0 Å². The third kappa shape index (κ3) is 9.95. The maximum Gasteiger partial charge on any atom is 0.427 e. The standard InChI is InChI=1S/C39H64N2O6Si2/c1-12-13-14-17-30(46-48(8,9)38(2,3)4)19-20-31-32-23-28-16-15-18-34(44-26-36(42)45-37(43)41-22-21-40-27-41)33(28)24-29(32)25-35(31)47-49(10,11)39(5,6)7/h15-16,18,21-22,27,29-32,35H,12-14,17,19-20,23-26H2,1-11H3/t29?,30?,31-,32+,35?/m1/s1. The van der Waals surface area contributed by atoms with Crippen LogP contribution in [0, 0.1) is 17.8 Å². The Morgan fingerprint density at radius 3 is 2.33 bits per heavy atom. The van der Waals surface area contributed by atoms with Gasteiger partial charge in [-0.05, 0) is 110 Å². The number of fused-ring (bicyclic) bond motifs is 2. The number of hydrogen-bond acceptors (Lipinski definition) is 7. The Hall–Kier alpha value is -2.28. The van der Waals surface area contributed by atoms with Gasteiger partial charge in [0.2, 0.25) is 0 Å². The Morgan fingerprint density at radius 1 is 0.980 bits per heavy atom. The molecule has 0 aliphatic heterocycles. The maximum atomic E-state index is 12.5. The number of nitrogens with zero attached hydrogens (tertiary/aromatic N) is 2. The molecule has 2 aliphatic carbocycles. The van der Waals surface area contributed by atoms with Crippen molar-refractivity contribution in [3.05, 3.63) is 48.0 Å². The molecule has 10 heteroatoms. The molecule has 4 rings (SSSR count). The summed E-state index contributed by atoms with van der Waals surface area (Å²) in [4.78, 5) is 28.5. The minimum absolute atomic E-state index is 0.136. The highest BCUT2D eigenvalue weighted by atomic mass is 28.4. The monoisotopic (exact) mass is 712 g/mol. The smallest absolute Gasteiger partial charge is 0.427 e. The Labute approximate surface area is 298 Å². The van der Waals surface area contributed by atoms with Crippen LogP contribution in [0.3, 0.4) is 0 Å². The molecule has 2 aliphatic rings. The number of carbonyl (C=O) groups excluding carboxylic acids is 2. The second-order valence-corrected chi connectivity index (χ2v) is 27.1. The molecule has 8 nitrogen and oxygen atoms in total. The largest absolute Gasteiger partial charge is 0.482 e. The number of carbonyl (C=O) groups is 2.